The first-order chi connectivity index (χ1) is 6.20. The molecule has 1 atom stereocenters. The first-order valence-electron chi connectivity index (χ1n) is 4.57. The SMILES string of the molecule is CC1=Nc2ccccc2N(C)C1C. The van der Waals surface area contributed by atoms with E-state index in [1.54, 1.807) is 0 Å². The second-order valence-corrected chi connectivity index (χ2v) is 3.53. The molecule has 1 aromatic rings. The quantitative estimate of drug-likeness (QED) is 0.590. The van der Waals surface area contributed by atoms with Crippen molar-refractivity contribution in [3.05, 3.63) is 24.3 Å². The Morgan fingerprint density at radius 2 is 2.00 bits per heavy atom. The number of nitrogens with zero attached hydrogens (tertiary/aromatic N) is 2. The van der Waals surface area contributed by atoms with Crippen LogP contribution in [-0.4, -0.2) is 18.8 Å². The minimum atomic E-state index is 0.412. The van der Waals surface area contributed by atoms with Crippen molar-refractivity contribution in [2.24, 2.45) is 4.99 Å². The summed E-state index contributed by atoms with van der Waals surface area (Å²) in [7, 11) is 2.11. The molecule has 0 saturated heterocycles. The van der Waals surface area contributed by atoms with Crippen molar-refractivity contribution in [1.82, 2.24) is 0 Å². The average Bonchev–Trinajstić information content (AvgIpc) is 2.15. The van der Waals surface area contributed by atoms with Crippen LogP contribution in [0.5, 0.6) is 0 Å². The Balaban J connectivity index is 2.56. The summed E-state index contributed by atoms with van der Waals surface area (Å²) in [4.78, 5) is 6.81. The molecule has 0 aliphatic carbocycles. The highest BCUT2D eigenvalue weighted by atomic mass is 15.2. The van der Waals surface area contributed by atoms with Crippen molar-refractivity contribution in [3.8, 4) is 0 Å². The van der Waals surface area contributed by atoms with Gasteiger partial charge < -0.3 is 4.90 Å². The lowest BCUT2D eigenvalue weighted by Gasteiger charge is -2.31. The summed E-state index contributed by atoms with van der Waals surface area (Å²) in [5, 5.41) is 0. The molecule has 1 heterocycles. The number of rotatable bonds is 0. The maximum atomic E-state index is 4.55. The molecule has 1 aliphatic heterocycles. The van der Waals surface area contributed by atoms with Crippen molar-refractivity contribution in [3.63, 3.8) is 0 Å². The Kier molecular flexibility index (Phi) is 1.83. The molecule has 1 unspecified atom stereocenters. The summed E-state index contributed by atoms with van der Waals surface area (Å²) in [6.45, 7) is 4.26. The Labute approximate surface area is 78.9 Å². The molecule has 0 radical (unpaired) electrons. The topological polar surface area (TPSA) is 15.6 Å². The third kappa shape index (κ3) is 1.22. The van der Waals surface area contributed by atoms with Crippen LogP contribution in [0.4, 0.5) is 11.4 Å². The fourth-order valence-electron chi connectivity index (χ4n) is 1.63. The molecule has 68 valence electrons. The van der Waals surface area contributed by atoms with E-state index in [0.717, 1.165) is 5.69 Å². The van der Waals surface area contributed by atoms with Crippen LogP contribution in [0.15, 0.2) is 29.3 Å². The van der Waals surface area contributed by atoms with Gasteiger partial charge in [0.1, 0.15) is 0 Å². The van der Waals surface area contributed by atoms with Gasteiger partial charge in [-0.3, -0.25) is 4.99 Å². The smallest absolute Gasteiger partial charge is 0.0863 e. The van der Waals surface area contributed by atoms with Gasteiger partial charge in [-0.05, 0) is 26.0 Å². The molecule has 2 nitrogen and oxygen atoms in total. The van der Waals surface area contributed by atoms with E-state index in [-0.39, 0.29) is 0 Å². The monoisotopic (exact) mass is 174 g/mol. The van der Waals surface area contributed by atoms with E-state index in [2.05, 4.69) is 49.0 Å². The number of anilines is 1. The van der Waals surface area contributed by atoms with E-state index in [9.17, 15) is 0 Å². The van der Waals surface area contributed by atoms with Crippen LogP contribution >= 0.6 is 0 Å². The zero-order chi connectivity index (χ0) is 9.42. The molecule has 0 N–H and O–H groups in total. The molecular formula is C11H14N2. The van der Waals surface area contributed by atoms with Gasteiger partial charge in [-0.15, -0.1) is 0 Å². The van der Waals surface area contributed by atoms with Crippen LogP contribution < -0.4 is 4.90 Å². The van der Waals surface area contributed by atoms with E-state index in [1.807, 2.05) is 6.07 Å². The Morgan fingerprint density at radius 1 is 1.31 bits per heavy atom. The Bertz CT molecular complexity index is 355. The molecule has 0 spiro atoms. The van der Waals surface area contributed by atoms with Gasteiger partial charge >= 0.3 is 0 Å². The molecule has 0 aromatic heterocycles. The van der Waals surface area contributed by atoms with Crippen molar-refractivity contribution < 1.29 is 0 Å². The standard InChI is InChI=1S/C11H14N2/c1-8-9(2)13(3)11-7-5-4-6-10(11)12-8/h4-7,9H,1-3H3. The zero-order valence-corrected chi connectivity index (χ0v) is 8.28. The van der Waals surface area contributed by atoms with Crippen LogP contribution in [0.2, 0.25) is 0 Å². The molecule has 1 aliphatic rings. The number of hydrogen-bond acceptors (Lipinski definition) is 2. The fourth-order valence-corrected chi connectivity index (χ4v) is 1.63. The van der Waals surface area contributed by atoms with Gasteiger partial charge in [0, 0.05) is 12.8 Å². The van der Waals surface area contributed by atoms with E-state index in [1.165, 1.54) is 11.4 Å². The van der Waals surface area contributed by atoms with Gasteiger partial charge in [0.15, 0.2) is 0 Å². The average molecular weight is 174 g/mol. The first-order valence-corrected chi connectivity index (χ1v) is 4.57. The van der Waals surface area contributed by atoms with Gasteiger partial charge in [0.25, 0.3) is 0 Å². The van der Waals surface area contributed by atoms with Crippen LogP contribution in [0.25, 0.3) is 0 Å². The van der Waals surface area contributed by atoms with Gasteiger partial charge in [-0.25, -0.2) is 0 Å². The lowest BCUT2D eigenvalue weighted by atomic mass is 10.1. The summed E-state index contributed by atoms with van der Waals surface area (Å²) >= 11 is 0. The predicted octanol–water partition coefficient (Wildman–Crippen LogP) is 2.62. The fraction of sp³-hybridized carbons (Fsp3) is 0.364. The van der Waals surface area contributed by atoms with Gasteiger partial charge in [0.2, 0.25) is 0 Å². The lowest BCUT2D eigenvalue weighted by molar-refractivity contribution is 0.843. The largest absolute Gasteiger partial charge is 0.365 e. The highest BCUT2D eigenvalue weighted by Gasteiger charge is 2.19. The molecule has 13 heavy (non-hydrogen) atoms. The van der Waals surface area contributed by atoms with Crippen molar-refractivity contribution in [2.75, 3.05) is 11.9 Å². The summed E-state index contributed by atoms with van der Waals surface area (Å²) in [5.74, 6) is 0. The number of aliphatic imine (C=N–C) groups is 1. The molecule has 2 rings (SSSR count). The van der Waals surface area contributed by atoms with E-state index >= 15 is 0 Å². The summed E-state index contributed by atoms with van der Waals surface area (Å²) in [5.41, 5.74) is 3.49. The lowest BCUT2D eigenvalue weighted by Crippen LogP contribution is -2.36. The van der Waals surface area contributed by atoms with Crippen LogP contribution in [-0.2, 0) is 0 Å². The van der Waals surface area contributed by atoms with Gasteiger partial charge in [0.05, 0.1) is 17.4 Å². The Morgan fingerprint density at radius 3 is 2.77 bits per heavy atom. The molecular weight excluding hydrogens is 160 g/mol. The maximum absolute atomic E-state index is 4.55. The third-order valence-corrected chi connectivity index (χ3v) is 2.74. The highest BCUT2D eigenvalue weighted by molar-refractivity contribution is 5.96. The zero-order valence-electron chi connectivity index (χ0n) is 8.28. The van der Waals surface area contributed by atoms with Crippen molar-refractivity contribution in [1.29, 1.82) is 0 Å². The summed E-state index contributed by atoms with van der Waals surface area (Å²) in [6.07, 6.45) is 0. The maximum Gasteiger partial charge on any atom is 0.0863 e. The summed E-state index contributed by atoms with van der Waals surface area (Å²) < 4.78 is 0. The van der Waals surface area contributed by atoms with E-state index < -0.39 is 0 Å². The van der Waals surface area contributed by atoms with Gasteiger partial charge in [-0.1, -0.05) is 12.1 Å². The van der Waals surface area contributed by atoms with Crippen LogP contribution in [0.3, 0.4) is 0 Å². The number of benzene rings is 1. The minimum Gasteiger partial charge on any atom is -0.365 e. The molecule has 0 amide bonds. The first kappa shape index (κ1) is 8.30. The number of para-hydroxylation sites is 2. The van der Waals surface area contributed by atoms with Crippen LogP contribution in [0, 0.1) is 0 Å². The Hall–Kier alpha value is -1.31. The van der Waals surface area contributed by atoms with Crippen LogP contribution in [0.1, 0.15) is 13.8 Å². The third-order valence-electron chi connectivity index (χ3n) is 2.74. The van der Waals surface area contributed by atoms with Gasteiger partial charge in [-0.2, -0.15) is 0 Å². The second kappa shape index (κ2) is 2.87. The number of fused-ring (bicyclic) bond motifs is 1. The summed E-state index contributed by atoms with van der Waals surface area (Å²) in [6, 6.07) is 8.66. The molecule has 0 bridgehead atoms. The molecule has 0 saturated carbocycles. The second-order valence-electron chi connectivity index (χ2n) is 3.53. The van der Waals surface area contributed by atoms with Crippen molar-refractivity contribution >= 4 is 17.1 Å². The predicted molar refractivity (Wildman–Crippen MR) is 57.1 cm³/mol. The van der Waals surface area contributed by atoms with E-state index in [4.69, 9.17) is 0 Å². The molecule has 0 fully saturated rings. The van der Waals surface area contributed by atoms with Crippen molar-refractivity contribution in [2.45, 2.75) is 19.9 Å². The highest BCUT2D eigenvalue weighted by Crippen LogP contribution is 2.32. The number of hydrogen-bond donors (Lipinski definition) is 0. The van der Waals surface area contributed by atoms with E-state index in [0.29, 0.717) is 6.04 Å². The molecule has 1 aromatic carbocycles. The molecule has 2 heteroatoms. The minimum absolute atomic E-state index is 0.412. The normalized spacial score (nSPS) is 21.0.